The van der Waals surface area contributed by atoms with E-state index in [-0.39, 0.29) is 0 Å². The molecular formula is C20H8F34O. The van der Waals surface area contributed by atoms with Crippen LogP contribution in [-0.2, 0) is 4.74 Å². The maximum atomic E-state index is 14.2. The van der Waals surface area contributed by atoms with Gasteiger partial charge in [0.1, 0.15) is 12.2 Å². The maximum Gasteiger partial charge on any atom is 0.438 e. The lowest BCUT2D eigenvalue weighted by atomic mass is 9.83. The molecule has 0 bridgehead atoms. The van der Waals surface area contributed by atoms with E-state index in [9.17, 15) is 149 Å². The zero-order valence-corrected chi connectivity index (χ0v) is 24.4. The summed E-state index contributed by atoms with van der Waals surface area (Å²) in [7, 11) is 0. The van der Waals surface area contributed by atoms with Crippen molar-refractivity contribution in [1.29, 1.82) is 0 Å². The van der Waals surface area contributed by atoms with E-state index >= 15 is 0 Å². The molecule has 0 amide bonds. The number of rotatable bonds is 14. The van der Waals surface area contributed by atoms with Crippen molar-refractivity contribution in [2.75, 3.05) is 0 Å². The molecule has 0 spiro atoms. The molecule has 0 saturated heterocycles. The molecule has 35 heteroatoms. The van der Waals surface area contributed by atoms with Gasteiger partial charge in [0.2, 0.25) is 0 Å². The van der Waals surface area contributed by atoms with E-state index in [2.05, 4.69) is 4.74 Å². The topological polar surface area (TPSA) is 9.23 Å². The Morgan fingerprint density at radius 1 is 0.236 bits per heavy atom. The van der Waals surface area contributed by atoms with Gasteiger partial charge >= 0.3 is 95.3 Å². The standard InChI is InChI=1S/C20H8F34O/c1-3(5(21,22)9(27,28)13(35,36)15(39,40)11(31,32)7(25,17(43,44)45)18(46,47)48)55-4(2)6(23,24)10(29,30)14(37,38)16(41,42)12(33,34)8(26,19(49,50)51)20(52,53)54/h3-4H,1-2H3. The summed E-state index contributed by atoms with van der Waals surface area (Å²) in [5.41, 5.74) is -18.2. The van der Waals surface area contributed by atoms with Crippen LogP contribution in [0.25, 0.3) is 0 Å². The minimum atomic E-state index is -9.45. The lowest BCUT2D eigenvalue weighted by Crippen LogP contribution is -2.77. The van der Waals surface area contributed by atoms with Crippen LogP contribution in [0.5, 0.6) is 0 Å². The first kappa shape index (κ1) is 52.6. The van der Waals surface area contributed by atoms with Gasteiger partial charge in [0.25, 0.3) is 0 Å². The van der Waals surface area contributed by atoms with Gasteiger partial charge in [0, 0.05) is 0 Å². The van der Waals surface area contributed by atoms with Gasteiger partial charge in [-0.05, 0) is 13.8 Å². The third-order valence-electron chi connectivity index (χ3n) is 7.06. The molecule has 2 atom stereocenters. The Balaban J connectivity index is 7.30. The van der Waals surface area contributed by atoms with Crippen LogP contribution < -0.4 is 0 Å². The highest BCUT2D eigenvalue weighted by molar-refractivity contribution is 5.20. The molecule has 332 valence electrons. The van der Waals surface area contributed by atoms with Crippen molar-refractivity contribution in [3.63, 3.8) is 0 Å². The van der Waals surface area contributed by atoms with Crippen LogP contribution in [0.1, 0.15) is 13.8 Å². The van der Waals surface area contributed by atoms with E-state index in [0.717, 1.165) is 0 Å². The van der Waals surface area contributed by atoms with Crippen molar-refractivity contribution in [3.8, 4) is 0 Å². The Labute approximate surface area is 276 Å². The summed E-state index contributed by atoms with van der Waals surface area (Å²) in [6.45, 7) is -2.78. The first-order chi connectivity index (χ1) is 23.0. The molecule has 0 aliphatic heterocycles. The third-order valence-corrected chi connectivity index (χ3v) is 7.06. The fraction of sp³-hybridized carbons (Fsp3) is 1.00. The summed E-state index contributed by atoms with van der Waals surface area (Å²) in [5.74, 6) is -90.3. The number of alkyl halides is 34. The van der Waals surface area contributed by atoms with E-state index in [1.807, 2.05) is 0 Å². The van der Waals surface area contributed by atoms with E-state index in [0.29, 0.717) is 0 Å². The van der Waals surface area contributed by atoms with Gasteiger partial charge < -0.3 is 4.74 Å². The summed E-state index contributed by atoms with van der Waals surface area (Å²) in [6.07, 6.45) is -45.3. The van der Waals surface area contributed by atoms with Crippen LogP contribution in [0, 0.1) is 0 Å². The predicted molar refractivity (Wildman–Crippen MR) is 101 cm³/mol. The summed E-state index contributed by atoms with van der Waals surface area (Å²) in [4.78, 5) is 0. The van der Waals surface area contributed by atoms with Crippen LogP contribution in [0.3, 0.4) is 0 Å². The number of ether oxygens (including phenoxy) is 1. The molecule has 0 fully saturated rings. The minimum Gasteiger partial charge on any atom is -0.363 e. The van der Waals surface area contributed by atoms with Crippen molar-refractivity contribution in [2.24, 2.45) is 0 Å². The highest BCUT2D eigenvalue weighted by Crippen LogP contribution is 2.67. The molecule has 55 heavy (non-hydrogen) atoms. The molecule has 0 heterocycles. The molecule has 0 aromatic heterocycles. The lowest BCUT2D eigenvalue weighted by molar-refractivity contribution is -0.471. The molecule has 0 aliphatic rings. The largest absolute Gasteiger partial charge is 0.438 e. The molecule has 0 aliphatic carbocycles. The van der Waals surface area contributed by atoms with Gasteiger partial charge in [0.05, 0.1) is 0 Å². The minimum absolute atomic E-state index is 1.39. The number of hydrogen-bond donors (Lipinski definition) is 0. The molecule has 1 nitrogen and oxygen atoms in total. The zero-order valence-electron chi connectivity index (χ0n) is 24.4. The normalized spacial score (nSPS) is 18.1. The van der Waals surface area contributed by atoms with Crippen molar-refractivity contribution >= 4 is 0 Å². The fourth-order valence-corrected chi connectivity index (χ4v) is 3.66. The Kier molecular flexibility index (Phi) is 12.5. The summed E-state index contributed by atoms with van der Waals surface area (Å²) in [6, 6.07) is 0. The molecule has 0 rings (SSSR count). The fourth-order valence-electron chi connectivity index (χ4n) is 3.66. The first-order valence-electron chi connectivity index (χ1n) is 12.1. The highest BCUT2D eigenvalue weighted by atomic mass is 19.5. The average Bonchev–Trinajstić information content (AvgIpc) is 2.92. The van der Waals surface area contributed by atoms with E-state index in [1.54, 1.807) is 0 Å². The maximum absolute atomic E-state index is 14.2. The van der Waals surface area contributed by atoms with Gasteiger partial charge in [-0.2, -0.15) is 140 Å². The molecule has 2 unspecified atom stereocenters. The van der Waals surface area contributed by atoms with Crippen LogP contribution in [0.2, 0.25) is 0 Å². The van der Waals surface area contributed by atoms with Crippen molar-refractivity contribution < 1.29 is 154 Å². The van der Waals surface area contributed by atoms with Crippen LogP contribution in [-0.4, -0.2) is 107 Å². The van der Waals surface area contributed by atoms with Gasteiger partial charge in [-0.3, -0.25) is 0 Å². The Morgan fingerprint density at radius 2 is 0.382 bits per heavy atom. The zero-order chi connectivity index (χ0) is 45.9. The van der Waals surface area contributed by atoms with Gasteiger partial charge in [-0.25, -0.2) is 8.78 Å². The lowest BCUT2D eigenvalue weighted by Gasteiger charge is -2.46. The van der Waals surface area contributed by atoms with E-state index in [1.165, 1.54) is 0 Å². The Hall–Kier alpha value is -2.42. The molecule has 0 aromatic rings. The monoisotopic (exact) mass is 910 g/mol. The number of halogens is 34. The van der Waals surface area contributed by atoms with E-state index < -0.39 is 121 Å². The predicted octanol–water partition coefficient (Wildman–Crippen LogP) is 11.8. The number of hydrogen-bond acceptors (Lipinski definition) is 1. The molecular weight excluding hydrogens is 902 g/mol. The van der Waals surface area contributed by atoms with Crippen molar-refractivity contribution in [3.05, 3.63) is 0 Å². The Morgan fingerprint density at radius 3 is 0.527 bits per heavy atom. The third kappa shape index (κ3) is 6.51. The summed E-state index contributed by atoms with van der Waals surface area (Å²) in [5, 5.41) is 0. The van der Waals surface area contributed by atoms with Crippen LogP contribution in [0.15, 0.2) is 0 Å². The smallest absolute Gasteiger partial charge is 0.363 e. The second kappa shape index (κ2) is 13.0. The highest BCUT2D eigenvalue weighted by Gasteiger charge is 2.99. The second-order valence-corrected chi connectivity index (χ2v) is 10.6. The molecule has 0 N–H and O–H groups in total. The quantitative estimate of drug-likeness (QED) is 0.158. The van der Waals surface area contributed by atoms with Gasteiger partial charge in [0.15, 0.2) is 0 Å². The van der Waals surface area contributed by atoms with Crippen LogP contribution >= 0.6 is 0 Å². The van der Waals surface area contributed by atoms with Crippen LogP contribution in [0.4, 0.5) is 149 Å². The Bertz CT molecular complexity index is 1220. The average molecular weight is 910 g/mol. The van der Waals surface area contributed by atoms with Crippen molar-refractivity contribution in [1.82, 2.24) is 0 Å². The van der Waals surface area contributed by atoms with Gasteiger partial charge in [-0.15, -0.1) is 0 Å². The van der Waals surface area contributed by atoms with Gasteiger partial charge in [-0.1, -0.05) is 0 Å². The molecule has 0 saturated carbocycles. The summed E-state index contributed by atoms with van der Waals surface area (Å²) < 4.78 is 459. The SMILES string of the molecule is CC(OC(C)C(F)(F)C(F)(F)C(F)(F)C(F)(F)C(F)(F)C(F)(C(F)(F)F)C(F)(F)F)C(F)(F)C(F)(F)C(F)(F)C(F)(F)C(F)(F)C(F)(C(F)(F)F)C(F)(F)F. The summed E-state index contributed by atoms with van der Waals surface area (Å²) >= 11 is 0. The van der Waals surface area contributed by atoms with Crippen molar-refractivity contribution in [2.45, 2.75) is 121 Å². The second-order valence-electron chi connectivity index (χ2n) is 10.6. The first-order valence-corrected chi connectivity index (χ1v) is 12.1. The van der Waals surface area contributed by atoms with E-state index in [4.69, 9.17) is 0 Å². The molecule has 0 aromatic carbocycles. The molecule has 0 radical (unpaired) electrons.